The molecule has 1 N–H and O–H groups in total. The molecule has 0 bridgehead atoms. The second kappa shape index (κ2) is 11.2. The minimum Gasteiger partial charge on any atom is -0.334 e. The molecular weight excluding hydrogens is 578 g/mol. The van der Waals surface area contributed by atoms with Gasteiger partial charge >= 0.3 is 0 Å². The number of Topliss-reactive ketones (excluding diaryl/α,β-unsaturated/α-hetero) is 1. The van der Waals surface area contributed by atoms with Crippen molar-refractivity contribution in [3.8, 4) is 11.1 Å². The first kappa shape index (κ1) is 28.7. The van der Waals surface area contributed by atoms with Crippen molar-refractivity contribution in [1.29, 1.82) is 0 Å². The third kappa shape index (κ3) is 5.83. The number of sulfonamides is 1. The summed E-state index contributed by atoms with van der Waals surface area (Å²) in [5, 5.41) is 4.54. The number of halogens is 3. The van der Waals surface area contributed by atoms with Gasteiger partial charge in [-0.3, -0.25) is 14.3 Å². The van der Waals surface area contributed by atoms with Crippen LogP contribution >= 0.6 is 11.6 Å². The minimum absolute atomic E-state index is 0.104. The molecule has 1 saturated heterocycles. The van der Waals surface area contributed by atoms with E-state index in [1.54, 1.807) is 37.5 Å². The highest BCUT2D eigenvalue weighted by atomic mass is 35.5. The molecule has 0 spiro atoms. The van der Waals surface area contributed by atoms with Gasteiger partial charge in [0, 0.05) is 49.3 Å². The number of hydrogen-bond acceptors (Lipinski definition) is 7. The highest BCUT2D eigenvalue weighted by molar-refractivity contribution is 7.89. The Morgan fingerprint density at radius 3 is 2.59 bits per heavy atom. The molecular formula is C27H25ClF2N6O4S. The first-order valence-electron chi connectivity index (χ1n) is 12.6. The molecule has 2 aromatic heterocycles. The summed E-state index contributed by atoms with van der Waals surface area (Å²) in [4.78, 5) is 34.7. The van der Waals surface area contributed by atoms with E-state index >= 15 is 0 Å². The van der Waals surface area contributed by atoms with Crippen LogP contribution in [0.4, 0.5) is 8.78 Å². The molecule has 0 unspecified atom stereocenters. The number of fused-ring (bicyclic) bond motifs is 1. The second-order valence-electron chi connectivity index (χ2n) is 9.75. The molecule has 2 aromatic carbocycles. The molecule has 0 saturated carbocycles. The third-order valence-corrected chi connectivity index (χ3v) is 8.61. The lowest BCUT2D eigenvalue weighted by molar-refractivity contribution is -0.132. The monoisotopic (exact) mass is 602 g/mol. The number of nitrogens with one attached hydrogen (secondary N) is 1. The maximum atomic E-state index is 14.5. The standard InChI is InChI=1S/C27H25ClF2N6O4S/c1-15(37)27-21-8-17(18-10-31-16(2)32-11-18)6-7-23(21)36(34-27)14-25(38)35-13-19(29)9-20(35)12-33-41(39,40)24-5-3-4-22(28)26(24)30/h3-8,10-11,19-20,33H,9,12-14H2,1-2H3/t19-,20+/m1/s1. The van der Waals surface area contributed by atoms with Crippen molar-refractivity contribution in [2.24, 2.45) is 0 Å². The number of nitrogens with zero attached hydrogens (tertiary/aromatic N) is 5. The SMILES string of the molecule is CC(=O)c1nn(CC(=O)N2C[C@H](F)C[C@H]2CNS(=O)(=O)c2cccc(Cl)c2F)c2ccc(-c3cnc(C)nc3)cc12. The molecule has 2 atom stereocenters. The van der Waals surface area contributed by atoms with E-state index in [-0.39, 0.29) is 42.6 Å². The summed E-state index contributed by atoms with van der Waals surface area (Å²) in [6, 6.07) is 8.05. The lowest BCUT2D eigenvalue weighted by atomic mass is 10.0. The molecule has 5 rings (SSSR count). The number of aryl methyl sites for hydroxylation is 1. The van der Waals surface area contributed by atoms with Crippen LogP contribution in [0.1, 0.15) is 29.7 Å². The zero-order chi connectivity index (χ0) is 29.5. The molecule has 1 amide bonds. The minimum atomic E-state index is -4.32. The van der Waals surface area contributed by atoms with Crippen molar-refractivity contribution in [3.63, 3.8) is 0 Å². The smallest absolute Gasteiger partial charge is 0.244 e. The Morgan fingerprint density at radius 2 is 1.88 bits per heavy atom. The first-order valence-corrected chi connectivity index (χ1v) is 14.5. The van der Waals surface area contributed by atoms with Crippen molar-refractivity contribution in [3.05, 3.63) is 71.2 Å². The fraction of sp³-hybridized carbons (Fsp3) is 0.296. The van der Waals surface area contributed by atoms with Crippen molar-refractivity contribution >= 4 is 44.2 Å². The lowest BCUT2D eigenvalue weighted by Crippen LogP contribution is -2.44. The van der Waals surface area contributed by atoms with Crippen molar-refractivity contribution in [1.82, 2.24) is 29.4 Å². The summed E-state index contributed by atoms with van der Waals surface area (Å²) >= 11 is 5.71. The summed E-state index contributed by atoms with van der Waals surface area (Å²) < 4.78 is 57.8. The Morgan fingerprint density at radius 1 is 1.15 bits per heavy atom. The predicted octanol–water partition coefficient (Wildman–Crippen LogP) is 3.71. The van der Waals surface area contributed by atoms with Gasteiger partial charge in [0.1, 0.15) is 29.1 Å². The van der Waals surface area contributed by atoms with Gasteiger partial charge in [-0.05, 0) is 36.8 Å². The number of hydrogen-bond donors (Lipinski definition) is 1. The van der Waals surface area contributed by atoms with E-state index in [1.165, 1.54) is 28.6 Å². The number of amides is 1. The van der Waals surface area contributed by atoms with E-state index in [9.17, 15) is 26.8 Å². The average molecular weight is 603 g/mol. The van der Waals surface area contributed by atoms with Gasteiger partial charge in [0.05, 0.1) is 17.1 Å². The Balaban J connectivity index is 1.37. The third-order valence-electron chi connectivity index (χ3n) is 6.88. The van der Waals surface area contributed by atoms with Gasteiger partial charge in [0.15, 0.2) is 11.6 Å². The number of alkyl halides is 1. The first-order chi connectivity index (χ1) is 19.4. The molecule has 41 heavy (non-hydrogen) atoms. The van der Waals surface area contributed by atoms with Crippen LogP contribution in [0.2, 0.25) is 5.02 Å². The molecule has 1 aliphatic heterocycles. The molecule has 1 fully saturated rings. The number of rotatable bonds is 8. The second-order valence-corrected chi connectivity index (χ2v) is 11.9. The van der Waals surface area contributed by atoms with E-state index in [1.807, 2.05) is 0 Å². The normalized spacial score (nSPS) is 17.3. The summed E-state index contributed by atoms with van der Waals surface area (Å²) in [6.07, 6.45) is 1.85. The molecule has 1 aliphatic rings. The van der Waals surface area contributed by atoms with Crippen LogP contribution in [0.3, 0.4) is 0 Å². The van der Waals surface area contributed by atoms with Gasteiger partial charge < -0.3 is 4.90 Å². The molecule has 10 nitrogen and oxygen atoms in total. The topological polar surface area (TPSA) is 127 Å². The van der Waals surface area contributed by atoms with Crippen LogP contribution in [0.15, 0.2) is 53.7 Å². The van der Waals surface area contributed by atoms with Crippen LogP contribution in [-0.2, 0) is 21.4 Å². The molecule has 14 heteroatoms. The highest BCUT2D eigenvalue weighted by Gasteiger charge is 2.36. The zero-order valence-electron chi connectivity index (χ0n) is 22.0. The predicted molar refractivity (Wildman–Crippen MR) is 147 cm³/mol. The molecule has 3 heterocycles. The van der Waals surface area contributed by atoms with Gasteiger partial charge in [-0.25, -0.2) is 31.9 Å². The van der Waals surface area contributed by atoms with Gasteiger partial charge in [-0.15, -0.1) is 0 Å². The van der Waals surface area contributed by atoms with Crippen molar-refractivity contribution in [2.75, 3.05) is 13.1 Å². The maximum Gasteiger partial charge on any atom is 0.244 e. The Labute approximate surface area is 239 Å². The molecule has 4 aromatic rings. The van der Waals surface area contributed by atoms with E-state index in [0.29, 0.717) is 16.7 Å². The summed E-state index contributed by atoms with van der Waals surface area (Å²) in [6.45, 7) is 2.25. The van der Waals surface area contributed by atoms with E-state index < -0.39 is 38.9 Å². The Hall–Kier alpha value is -3.81. The lowest BCUT2D eigenvalue weighted by Gasteiger charge is -2.24. The van der Waals surface area contributed by atoms with E-state index in [0.717, 1.165) is 17.2 Å². The summed E-state index contributed by atoms with van der Waals surface area (Å²) in [5.41, 5.74) is 2.18. The quantitative estimate of drug-likeness (QED) is 0.305. The van der Waals surface area contributed by atoms with E-state index in [4.69, 9.17) is 11.6 Å². The molecule has 0 aliphatic carbocycles. The van der Waals surface area contributed by atoms with Crippen molar-refractivity contribution < 1.29 is 26.8 Å². The summed E-state index contributed by atoms with van der Waals surface area (Å²) in [5.74, 6) is -1.30. The number of carbonyl (C=O) groups excluding carboxylic acids is 2. The Kier molecular flexibility index (Phi) is 7.86. The van der Waals surface area contributed by atoms with Crippen LogP contribution < -0.4 is 4.72 Å². The fourth-order valence-electron chi connectivity index (χ4n) is 4.83. The van der Waals surface area contributed by atoms with Gasteiger partial charge in [0.2, 0.25) is 15.9 Å². The maximum absolute atomic E-state index is 14.5. The number of carbonyl (C=O) groups is 2. The van der Waals surface area contributed by atoms with Crippen molar-refractivity contribution in [2.45, 2.75) is 43.9 Å². The summed E-state index contributed by atoms with van der Waals surface area (Å²) in [7, 11) is -4.32. The van der Waals surface area contributed by atoms with Crippen LogP contribution in [0, 0.1) is 12.7 Å². The van der Waals surface area contributed by atoms with Gasteiger partial charge in [0.25, 0.3) is 0 Å². The number of ketones is 1. The number of aromatic nitrogens is 4. The van der Waals surface area contributed by atoms with Crippen LogP contribution in [0.25, 0.3) is 22.0 Å². The number of benzene rings is 2. The van der Waals surface area contributed by atoms with Gasteiger partial charge in [-0.1, -0.05) is 23.7 Å². The average Bonchev–Trinajstić information content (AvgIpc) is 3.49. The fourth-order valence-corrected chi connectivity index (χ4v) is 6.24. The van der Waals surface area contributed by atoms with Crippen LogP contribution in [-0.4, -0.2) is 70.1 Å². The zero-order valence-corrected chi connectivity index (χ0v) is 23.6. The highest BCUT2D eigenvalue weighted by Crippen LogP contribution is 2.28. The largest absolute Gasteiger partial charge is 0.334 e. The van der Waals surface area contributed by atoms with Gasteiger partial charge in [-0.2, -0.15) is 5.10 Å². The Bertz CT molecular complexity index is 1760. The molecule has 0 radical (unpaired) electrons. The van der Waals surface area contributed by atoms with Crippen LogP contribution in [0.5, 0.6) is 0 Å². The number of likely N-dealkylation sites (tertiary alicyclic amines) is 1. The molecule has 214 valence electrons. The van der Waals surface area contributed by atoms with E-state index in [2.05, 4.69) is 19.8 Å².